The van der Waals surface area contributed by atoms with Crippen molar-refractivity contribution in [1.82, 2.24) is 19.7 Å². The smallest absolute Gasteiger partial charge is 0.251 e. The summed E-state index contributed by atoms with van der Waals surface area (Å²) in [7, 11) is 0. The van der Waals surface area contributed by atoms with Crippen molar-refractivity contribution in [2.45, 2.75) is 33.7 Å². The maximum absolute atomic E-state index is 12.9. The van der Waals surface area contributed by atoms with Gasteiger partial charge < -0.3 is 18.8 Å². The molecule has 0 atom stereocenters. The van der Waals surface area contributed by atoms with Crippen LogP contribution in [0.15, 0.2) is 45.7 Å². The van der Waals surface area contributed by atoms with E-state index < -0.39 is 0 Å². The number of amides is 1. The summed E-state index contributed by atoms with van der Waals surface area (Å²) < 4.78 is 6.98. The lowest BCUT2D eigenvalue weighted by atomic mass is 10.1. The molecule has 162 valence electrons. The van der Waals surface area contributed by atoms with Crippen LogP contribution in [0.25, 0.3) is 11.5 Å². The van der Waals surface area contributed by atoms with Crippen LogP contribution in [0.3, 0.4) is 0 Å². The van der Waals surface area contributed by atoms with Crippen LogP contribution in [0.5, 0.6) is 0 Å². The molecule has 0 saturated carbocycles. The van der Waals surface area contributed by atoms with Crippen molar-refractivity contribution in [2.75, 3.05) is 31.1 Å². The van der Waals surface area contributed by atoms with Crippen molar-refractivity contribution in [3.8, 4) is 11.5 Å². The Morgan fingerprint density at radius 1 is 1.06 bits per heavy atom. The van der Waals surface area contributed by atoms with Gasteiger partial charge in [-0.1, -0.05) is 19.1 Å². The molecule has 8 nitrogen and oxygen atoms in total. The number of hydrogen-bond acceptors (Lipinski definition) is 6. The molecule has 0 radical (unpaired) electrons. The summed E-state index contributed by atoms with van der Waals surface area (Å²) in [5, 5.41) is 7.97. The van der Waals surface area contributed by atoms with Gasteiger partial charge in [0.1, 0.15) is 6.54 Å². The molecule has 0 N–H and O–H groups in total. The number of carbonyl (C=O) groups excluding carboxylic acids is 1. The molecule has 1 saturated heterocycles. The number of pyridine rings is 1. The minimum absolute atomic E-state index is 0.00901. The summed E-state index contributed by atoms with van der Waals surface area (Å²) >= 11 is 0. The molecule has 31 heavy (non-hydrogen) atoms. The molecule has 1 aliphatic rings. The normalized spacial score (nSPS) is 14.2. The van der Waals surface area contributed by atoms with Gasteiger partial charge in [0.25, 0.3) is 5.56 Å². The topological polar surface area (TPSA) is 84.5 Å². The molecule has 8 heteroatoms. The lowest BCUT2D eigenvalue weighted by molar-refractivity contribution is -0.132. The van der Waals surface area contributed by atoms with Crippen molar-refractivity contribution >= 4 is 11.6 Å². The first kappa shape index (κ1) is 20.8. The summed E-state index contributed by atoms with van der Waals surface area (Å²) in [5.74, 6) is 0.811. The Morgan fingerprint density at radius 3 is 2.55 bits per heavy atom. The first-order valence-electron chi connectivity index (χ1n) is 10.6. The molecule has 0 aliphatic carbocycles. The van der Waals surface area contributed by atoms with Gasteiger partial charge in [-0.3, -0.25) is 9.59 Å². The van der Waals surface area contributed by atoms with E-state index in [-0.39, 0.29) is 18.0 Å². The average molecular weight is 422 g/mol. The van der Waals surface area contributed by atoms with E-state index in [9.17, 15) is 9.59 Å². The maximum atomic E-state index is 12.9. The Bertz CT molecular complexity index is 1140. The fraction of sp³-hybridized carbons (Fsp3) is 0.391. The van der Waals surface area contributed by atoms with E-state index in [4.69, 9.17) is 4.42 Å². The van der Waals surface area contributed by atoms with E-state index in [1.165, 1.54) is 27.4 Å². The highest BCUT2D eigenvalue weighted by atomic mass is 16.4. The number of aromatic nitrogens is 3. The van der Waals surface area contributed by atoms with Crippen LogP contribution < -0.4 is 10.5 Å². The molecule has 1 fully saturated rings. The lowest BCUT2D eigenvalue weighted by Crippen LogP contribution is -2.50. The highest BCUT2D eigenvalue weighted by Crippen LogP contribution is 2.23. The van der Waals surface area contributed by atoms with Crippen molar-refractivity contribution in [2.24, 2.45) is 0 Å². The second-order valence-electron chi connectivity index (χ2n) is 7.90. The Hall–Kier alpha value is -3.42. The van der Waals surface area contributed by atoms with Gasteiger partial charge in [0, 0.05) is 50.6 Å². The van der Waals surface area contributed by atoms with Gasteiger partial charge in [0.05, 0.1) is 5.56 Å². The van der Waals surface area contributed by atoms with Crippen molar-refractivity contribution in [3.63, 3.8) is 0 Å². The second kappa shape index (κ2) is 8.75. The van der Waals surface area contributed by atoms with Crippen LogP contribution in [-0.2, 0) is 17.8 Å². The number of hydrogen-bond donors (Lipinski definition) is 0. The monoisotopic (exact) mass is 421 g/mol. The number of carbonyl (C=O) groups is 1. The standard InChI is InChI=1S/C23H27N5O3/c1-4-20-24-25-23(31-20)18-7-8-21(29)28(14-18)15-22(30)27-11-9-26(10-12-27)19-13-16(2)5-6-17(19)3/h5-8,13-14H,4,9-12,15H2,1-3H3. The highest BCUT2D eigenvalue weighted by molar-refractivity contribution is 5.76. The molecule has 3 aromatic rings. The Balaban J connectivity index is 1.43. The predicted molar refractivity (Wildman–Crippen MR) is 118 cm³/mol. The van der Waals surface area contributed by atoms with Gasteiger partial charge in [-0.2, -0.15) is 0 Å². The minimum Gasteiger partial charge on any atom is -0.421 e. The number of nitrogens with zero attached hydrogens (tertiary/aromatic N) is 5. The lowest BCUT2D eigenvalue weighted by Gasteiger charge is -2.37. The fourth-order valence-electron chi connectivity index (χ4n) is 3.80. The highest BCUT2D eigenvalue weighted by Gasteiger charge is 2.23. The fourth-order valence-corrected chi connectivity index (χ4v) is 3.80. The molecule has 1 amide bonds. The van der Waals surface area contributed by atoms with Crippen molar-refractivity contribution < 1.29 is 9.21 Å². The largest absolute Gasteiger partial charge is 0.421 e. The predicted octanol–water partition coefficient (Wildman–Crippen LogP) is 2.43. The summed E-state index contributed by atoms with van der Waals surface area (Å²) in [6, 6.07) is 9.51. The molecule has 2 aromatic heterocycles. The molecule has 1 aromatic carbocycles. The van der Waals surface area contributed by atoms with E-state index in [1.807, 2.05) is 11.8 Å². The molecule has 0 spiro atoms. The van der Waals surface area contributed by atoms with E-state index in [1.54, 1.807) is 12.3 Å². The molecular weight excluding hydrogens is 394 g/mol. The Labute approximate surface area is 181 Å². The molecule has 0 unspecified atom stereocenters. The number of piperazine rings is 1. The van der Waals surface area contributed by atoms with Crippen LogP contribution in [-0.4, -0.2) is 51.8 Å². The van der Waals surface area contributed by atoms with Crippen LogP contribution in [0.4, 0.5) is 5.69 Å². The van der Waals surface area contributed by atoms with Crippen LogP contribution >= 0.6 is 0 Å². The maximum Gasteiger partial charge on any atom is 0.251 e. The van der Waals surface area contributed by atoms with Crippen LogP contribution in [0, 0.1) is 13.8 Å². The van der Waals surface area contributed by atoms with E-state index in [0.29, 0.717) is 36.9 Å². The number of anilines is 1. The molecule has 0 bridgehead atoms. The number of benzene rings is 1. The van der Waals surface area contributed by atoms with Crippen molar-refractivity contribution in [3.05, 3.63) is 63.9 Å². The molecule has 1 aliphatic heterocycles. The minimum atomic E-state index is -0.235. The molecule has 4 rings (SSSR count). The van der Waals surface area contributed by atoms with E-state index >= 15 is 0 Å². The van der Waals surface area contributed by atoms with E-state index in [2.05, 4.69) is 47.1 Å². The third kappa shape index (κ3) is 4.52. The zero-order chi connectivity index (χ0) is 22.0. The first-order chi connectivity index (χ1) is 14.9. The first-order valence-corrected chi connectivity index (χ1v) is 10.6. The quantitative estimate of drug-likeness (QED) is 0.629. The third-order valence-electron chi connectivity index (χ3n) is 5.64. The van der Waals surface area contributed by atoms with E-state index in [0.717, 1.165) is 13.1 Å². The second-order valence-corrected chi connectivity index (χ2v) is 7.90. The summed E-state index contributed by atoms with van der Waals surface area (Å²) in [5.41, 5.74) is 4.08. The summed E-state index contributed by atoms with van der Waals surface area (Å²) in [6.45, 7) is 8.92. The Kier molecular flexibility index (Phi) is 5.88. The Morgan fingerprint density at radius 2 is 1.84 bits per heavy atom. The molecular formula is C23H27N5O3. The third-order valence-corrected chi connectivity index (χ3v) is 5.64. The average Bonchev–Trinajstić information content (AvgIpc) is 3.26. The number of rotatable bonds is 5. The van der Waals surface area contributed by atoms with Gasteiger partial charge in [0.15, 0.2) is 0 Å². The van der Waals surface area contributed by atoms with Crippen molar-refractivity contribution in [1.29, 1.82) is 0 Å². The van der Waals surface area contributed by atoms with Gasteiger partial charge in [0.2, 0.25) is 17.7 Å². The van der Waals surface area contributed by atoms with Gasteiger partial charge >= 0.3 is 0 Å². The summed E-state index contributed by atoms with van der Waals surface area (Å²) in [6.07, 6.45) is 2.25. The summed E-state index contributed by atoms with van der Waals surface area (Å²) in [4.78, 5) is 29.3. The van der Waals surface area contributed by atoms with Gasteiger partial charge in [-0.05, 0) is 37.1 Å². The zero-order valence-electron chi connectivity index (χ0n) is 18.2. The molecule has 3 heterocycles. The number of aryl methyl sites for hydroxylation is 3. The SMILES string of the molecule is CCc1nnc(-c2ccc(=O)n(CC(=O)N3CCN(c4cc(C)ccc4C)CC3)c2)o1. The van der Waals surface area contributed by atoms with Crippen LogP contribution in [0.1, 0.15) is 23.9 Å². The van der Waals surface area contributed by atoms with Crippen LogP contribution in [0.2, 0.25) is 0 Å². The van der Waals surface area contributed by atoms with Gasteiger partial charge in [-0.15, -0.1) is 10.2 Å². The zero-order valence-corrected chi connectivity index (χ0v) is 18.2. The van der Waals surface area contributed by atoms with Gasteiger partial charge in [-0.25, -0.2) is 0 Å².